The Morgan fingerprint density at radius 1 is 1.32 bits per heavy atom. The molecule has 0 aromatic heterocycles. The molecular formula is C16H31N3O3. The number of methoxy groups -OCH3 is 1. The van der Waals surface area contributed by atoms with Crippen molar-refractivity contribution in [1.29, 1.82) is 0 Å². The molecule has 0 spiro atoms. The summed E-state index contributed by atoms with van der Waals surface area (Å²) in [4.78, 5) is 18.5. The molecule has 0 amide bonds. The van der Waals surface area contributed by atoms with Gasteiger partial charge in [-0.1, -0.05) is 20.3 Å². The first kappa shape index (κ1) is 18.7. The first-order valence-electron chi connectivity index (χ1n) is 8.32. The van der Waals surface area contributed by atoms with E-state index in [-0.39, 0.29) is 17.8 Å². The molecule has 0 aromatic rings. The Kier molecular flexibility index (Phi) is 8.89. The Bertz CT molecular complexity index is 361. The van der Waals surface area contributed by atoms with E-state index in [9.17, 15) is 4.79 Å². The fourth-order valence-corrected chi connectivity index (χ4v) is 2.59. The summed E-state index contributed by atoms with van der Waals surface area (Å²) in [6.45, 7) is 10.6. The first-order chi connectivity index (χ1) is 10.6. The van der Waals surface area contributed by atoms with Crippen LogP contribution in [0.4, 0.5) is 0 Å². The third-order valence-electron chi connectivity index (χ3n) is 3.89. The van der Waals surface area contributed by atoms with Crippen molar-refractivity contribution < 1.29 is 14.3 Å². The predicted molar refractivity (Wildman–Crippen MR) is 87.9 cm³/mol. The van der Waals surface area contributed by atoms with Gasteiger partial charge in [-0.25, -0.2) is 0 Å². The van der Waals surface area contributed by atoms with Crippen LogP contribution in [-0.4, -0.2) is 63.3 Å². The summed E-state index contributed by atoms with van der Waals surface area (Å²) in [6, 6.07) is 0. The van der Waals surface area contributed by atoms with Gasteiger partial charge in [-0.05, 0) is 19.3 Å². The van der Waals surface area contributed by atoms with Crippen LogP contribution in [0.2, 0.25) is 0 Å². The molecule has 1 heterocycles. The molecule has 0 saturated carbocycles. The van der Waals surface area contributed by atoms with Crippen molar-refractivity contribution >= 4 is 11.9 Å². The number of rotatable bonds is 8. The zero-order valence-electron chi connectivity index (χ0n) is 14.4. The molecule has 1 aliphatic heterocycles. The predicted octanol–water partition coefficient (Wildman–Crippen LogP) is 1.51. The monoisotopic (exact) mass is 313 g/mol. The Labute approximate surface area is 134 Å². The van der Waals surface area contributed by atoms with Gasteiger partial charge in [-0.15, -0.1) is 0 Å². The second kappa shape index (κ2) is 10.4. The number of ether oxygens (including phenoxy) is 2. The van der Waals surface area contributed by atoms with E-state index in [2.05, 4.69) is 29.1 Å². The molecule has 128 valence electrons. The van der Waals surface area contributed by atoms with Gasteiger partial charge in [0.1, 0.15) is 0 Å². The summed E-state index contributed by atoms with van der Waals surface area (Å²) in [5.74, 6) is 0.931. The van der Waals surface area contributed by atoms with Crippen molar-refractivity contribution in [2.75, 3.05) is 46.5 Å². The number of carbonyl (C=O) groups is 1. The van der Waals surface area contributed by atoms with Gasteiger partial charge < -0.3 is 19.7 Å². The maximum absolute atomic E-state index is 11.8. The Morgan fingerprint density at radius 2 is 2.09 bits per heavy atom. The van der Waals surface area contributed by atoms with Gasteiger partial charge in [0.05, 0.1) is 26.2 Å². The van der Waals surface area contributed by atoms with Crippen LogP contribution < -0.4 is 5.32 Å². The molecule has 0 radical (unpaired) electrons. The van der Waals surface area contributed by atoms with Crippen LogP contribution in [0.15, 0.2) is 4.99 Å². The van der Waals surface area contributed by atoms with Crippen molar-refractivity contribution in [2.45, 2.75) is 33.6 Å². The number of unbranched alkanes of at least 4 members (excludes halogenated alkanes) is 1. The Hall–Kier alpha value is -1.30. The fraction of sp³-hybridized carbons (Fsp3) is 0.875. The number of nitrogens with zero attached hydrogens (tertiary/aromatic N) is 2. The van der Waals surface area contributed by atoms with E-state index in [1.165, 1.54) is 7.11 Å². The molecule has 1 N–H and O–H groups in total. The highest BCUT2D eigenvalue weighted by Crippen LogP contribution is 2.24. The normalized spacial score (nSPS) is 22.0. The molecule has 1 saturated heterocycles. The highest BCUT2D eigenvalue weighted by atomic mass is 16.5. The second-order valence-electron chi connectivity index (χ2n) is 5.71. The van der Waals surface area contributed by atoms with Crippen LogP contribution >= 0.6 is 0 Å². The molecular weight excluding hydrogens is 282 g/mol. The molecule has 2 atom stereocenters. The molecule has 6 heteroatoms. The largest absolute Gasteiger partial charge is 0.469 e. The number of likely N-dealkylation sites (tertiary alicyclic amines) is 1. The molecule has 2 unspecified atom stereocenters. The molecule has 0 aliphatic carbocycles. The van der Waals surface area contributed by atoms with Gasteiger partial charge in [0.25, 0.3) is 0 Å². The van der Waals surface area contributed by atoms with Crippen molar-refractivity contribution in [2.24, 2.45) is 16.8 Å². The van der Waals surface area contributed by atoms with E-state index in [0.29, 0.717) is 19.7 Å². The maximum Gasteiger partial charge on any atom is 0.310 e. The number of hydrogen-bond donors (Lipinski definition) is 1. The number of aliphatic imine (C=N–C) groups is 1. The zero-order valence-corrected chi connectivity index (χ0v) is 14.4. The lowest BCUT2D eigenvalue weighted by atomic mass is 9.99. The van der Waals surface area contributed by atoms with Crippen LogP contribution in [-0.2, 0) is 14.3 Å². The minimum Gasteiger partial charge on any atom is -0.469 e. The summed E-state index contributed by atoms with van der Waals surface area (Å²) < 4.78 is 10.4. The zero-order chi connectivity index (χ0) is 16.4. The minimum absolute atomic E-state index is 0.0744. The minimum atomic E-state index is -0.131. The smallest absolute Gasteiger partial charge is 0.310 e. The van der Waals surface area contributed by atoms with Crippen LogP contribution in [0.25, 0.3) is 0 Å². The topological polar surface area (TPSA) is 63.2 Å². The molecule has 1 fully saturated rings. The van der Waals surface area contributed by atoms with E-state index in [0.717, 1.165) is 38.5 Å². The molecule has 6 nitrogen and oxygen atoms in total. The van der Waals surface area contributed by atoms with Crippen molar-refractivity contribution in [3.63, 3.8) is 0 Å². The highest BCUT2D eigenvalue weighted by Gasteiger charge is 2.36. The third-order valence-corrected chi connectivity index (χ3v) is 3.89. The van der Waals surface area contributed by atoms with Gasteiger partial charge in [-0.2, -0.15) is 0 Å². The van der Waals surface area contributed by atoms with E-state index in [1.54, 1.807) is 0 Å². The number of guanidine groups is 1. The first-order valence-corrected chi connectivity index (χ1v) is 8.32. The van der Waals surface area contributed by atoms with Gasteiger partial charge in [0, 0.05) is 26.2 Å². The van der Waals surface area contributed by atoms with E-state index in [1.807, 2.05) is 6.92 Å². The average Bonchev–Trinajstić information content (AvgIpc) is 2.90. The lowest BCUT2D eigenvalue weighted by Gasteiger charge is -2.21. The fourth-order valence-electron chi connectivity index (χ4n) is 2.59. The summed E-state index contributed by atoms with van der Waals surface area (Å²) in [6.07, 6.45) is 2.24. The summed E-state index contributed by atoms with van der Waals surface area (Å²) >= 11 is 0. The second-order valence-corrected chi connectivity index (χ2v) is 5.71. The number of esters is 1. The lowest BCUT2D eigenvalue weighted by molar-refractivity contribution is -0.145. The van der Waals surface area contributed by atoms with Crippen molar-refractivity contribution in [3.8, 4) is 0 Å². The molecule has 1 aliphatic rings. The summed E-state index contributed by atoms with van der Waals surface area (Å²) in [5, 5.41) is 3.29. The van der Waals surface area contributed by atoms with Gasteiger partial charge in [0.15, 0.2) is 5.96 Å². The maximum atomic E-state index is 11.8. The van der Waals surface area contributed by atoms with Crippen LogP contribution in [0.3, 0.4) is 0 Å². The van der Waals surface area contributed by atoms with Crippen LogP contribution in [0, 0.1) is 11.8 Å². The van der Waals surface area contributed by atoms with Gasteiger partial charge >= 0.3 is 5.97 Å². The van der Waals surface area contributed by atoms with Crippen LogP contribution in [0.5, 0.6) is 0 Å². The van der Waals surface area contributed by atoms with Crippen LogP contribution in [0.1, 0.15) is 33.6 Å². The number of nitrogens with one attached hydrogen (secondary N) is 1. The molecule has 0 bridgehead atoms. The number of carbonyl (C=O) groups excluding carboxylic acids is 1. The van der Waals surface area contributed by atoms with E-state index >= 15 is 0 Å². The molecule has 1 rings (SSSR count). The van der Waals surface area contributed by atoms with Crippen molar-refractivity contribution in [1.82, 2.24) is 10.2 Å². The van der Waals surface area contributed by atoms with Crippen molar-refractivity contribution in [3.05, 3.63) is 0 Å². The van der Waals surface area contributed by atoms with Gasteiger partial charge in [-0.3, -0.25) is 9.79 Å². The quantitative estimate of drug-likeness (QED) is 0.318. The highest BCUT2D eigenvalue weighted by molar-refractivity contribution is 5.82. The summed E-state index contributed by atoms with van der Waals surface area (Å²) in [5.41, 5.74) is 0. The molecule has 0 aromatic carbocycles. The summed E-state index contributed by atoms with van der Waals surface area (Å²) in [7, 11) is 1.45. The van der Waals surface area contributed by atoms with E-state index in [4.69, 9.17) is 9.47 Å². The molecule has 22 heavy (non-hydrogen) atoms. The standard InChI is InChI=1S/C16H31N3O3/c1-5-7-9-22-10-8-18-16(17-6-2)19-11-13(3)14(12-19)15(20)21-4/h13-14H,5-12H2,1-4H3,(H,17,18). The lowest BCUT2D eigenvalue weighted by Crippen LogP contribution is -2.40. The Balaban J connectivity index is 2.50. The van der Waals surface area contributed by atoms with Gasteiger partial charge in [0.2, 0.25) is 0 Å². The van der Waals surface area contributed by atoms with E-state index < -0.39 is 0 Å². The average molecular weight is 313 g/mol. The SMILES string of the molecule is CCCCOCCN=C(NCC)N1CC(C)C(C(=O)OC)C1. The third kappa shape index (κ3) is 5.83. The Morgan fingerprint density at radius 3 is 2.73 bits per heavy atom. The number of hydrogen-bond acceptors (Lipinski definition) is 4.